The Hall–Kier alpha value is -0.680. The fraction of sp³-hybridized carbons (Fsp3) is 0.364. The van der Waals surface area contributed by atoms with Crippen LogP contribution in [-0.2, 0) is 0 Å². The first-order valence-electron chi connectivity index (χ1n) is 4.75. The highest BCUT2D eigenvalue weighted by Crippen LogP contribution is 2.37. The molecule has 1 unspecified atom stereocenters. The number of ketones is 1. The average molecular weight is 283 g/mol. The molecule has 94 valence electrons. The van der Waals surface area contributed by atoms with Gasteiger partial charge in [-0.25, -0.2) is 0 Å². The van der Waals surface area contributed by atoms with Gasteiger partial charge in [-0.1, -0.05) is 0 Å². The highest BCUT2D eigenvalue weighted by Gasteiger charge is 2.29. The number of hydrogen-bond donors (Lipinski definition) is 0. The normalized spacial score (nSPS) is 13.5. The summed E-state index contributed by atoms with van der Waals surface area (Å²) in [5.74, 6) is -0.285. The summed E-state index contributed by atoms with van der Waals surface area (Å²) < 4.78 is 36.4. The predicted molar refractivity (Wildman–Crippen MR) is 62.7 cm³/mol. The van der Waals surface area contributed by atoms with Crippen LogP contribution in [0.4, 0.5) is 13.2 Å². The first-order valence-corrected chi connectivity index (χ1v) is 6.00. The van der Waals surface area contributed by atoms with Gasteiger partial charge >= 0.3 is 5.51 Å². The summed E-state index contributed by atoms with van der Waals surface area (Å²) >= 11 is 5.45. The van der Waals surface area contributed by atoms with E-state index in [0.29, 0.717) is 11.1 Å². The van der Waals surface area contributed by atoms with Crippen molar-refractivity contribution in [3.63, 3.8) is 0 Å². The smallest absolute Gasteiger partial charge is 0.293 e. The molecule has 0 saturated carbocycles. The number of carbonyl (C=O) groups excluding carboxylic acids is 1. The first-order chi connectivity index (χ1) is 7.70. The van der Waals surface area contributed by atoms with Crippen molar-refractivity contribution in [3.05, 3.63) is 29.3 Å². The van der Waals surface area contributed by atoms with Gasteiger partial charge in [0.2, 0.25) is 0 Å². The van der Waals surface area contributed by atoms with E-state index in [4.69, 9.17) is 11.6 Å². The third-order valence-electron chi connectivity index (χ3n) is 2.06. The molecule has 1 nitrogen and oxygen atoms in total. The molecule has 0 radical (unpaired) electrons. The molecule has 0 amide bonds. The van der Waals surface area contributed by atoms with Crippen LogP contribution in [0.25, 0.3) is 0 Å². The number of rotatable bonds is 3. The van der Waals surface area contributed by atoms with Crippen LogP contribution in [0.1, 0.15) is 22.8 Å². The van der Waals surface area contributed by atoms with Crippen LogP contribution in [0.3, 0.4) is 0 Å². The molecule has 1 rings (SSSR count). The van der Waals surface area contributed by atoms with Gasteiger partial charge < -0.3 is 0 Å². The number of Topliss-reactive ketones (excluding diaryl/α,β-unsaturated/α-hetero) is 1. The number of thioether (sulfide) groups is 1. The molecule has 6 heteroatoms. The number of alkyl halides is 4. The van der Waals surface area contributed by atoms with Gasteiger partial charge in [-0.15, -0.1) is 11.6 Å². The van der Waals surface area contributed by atoms with Crippen LogP contribution < -0.4 is 0 Å². The van der Waals surface area contributed by atoms with Crippen molar-refractivity contribution in [2.75, 3.05) is 0 Å². The molecule has 0 aliphatic carbocycles. The van der Waals surface area contributed by atoms with Crippen molar-refractivity contribution in [3.8, 4) is 0 Å². The van der Waals surface area contributed by atoms with E-state index in [1.165, 1.54) is 25.1 Å². The Balaban J connectivity index is 2.98. The molecule has 1 aromatic carbocycles. The van der Waals surface area contributed by atoms with Crippen molar-refractivity contribution < 1.29 is 18.0 Å². The third-order valence-corrected chi connectivity index (χ3v) is 2.98. The van der Waals surface area contributed by atoms with Gasteiger partial charge in [-0.05, 0) is 49.4 Å². The zero-order valence-corrected chi connectivity index (χ0v) is 10.7. The van der Waals surface area contributed by atoms with Gasteiger partial charge in [-0.3, -0.25) is 4.79 Å². The lowest BCUT2D eigenvalue weighted by molar-refractivity contribution is -0.0328. The second kappa shape index (κ2) is 5.31. The van der Waals surface area contributed by atoms with Gasteiger partial charge in [0.15, 0.2) is 5.78 Å². The molecular formula is C11H10ClF3OS. The molecule has 17 heavy (non-hydrogen) atoms. The van der Waals surface area contributed by atoms with Crippen molar-refractivity contribution in [2.45, 2.75) is 29.6 Å². The highest BCUT2D eigenvalue weighted by atomic mass is 35.5. The molecule has 0 spiro atoms. The predicted octanol–water partition coefficient (Wildman–Crippen LogP) is 4.42. The van der Waals surface area contributed by atoms with E-state index in [0.717, 1.165) is 0 Å². The lowest BCUT2D eigenvalue weighted by Gasteiger charge is -2.10. The third kappa shape index (κ3) is 4.24. The second-order valence-corrected chi connectivity index (χ2v) is 5.30. The lowest BCUT2D eigenvalue weighted by Crippen LogP contribution is -2.12. The van der Waals surface area contributed by atoms with Gasteiger partial charge in [0, 0.05) is 10.5 Å². The molecule has 0 aliphatic heterocycles. The summed E-state index contributed by atoms with van der Waals surface area (Å²) in [6, 6.07) is 3.99. The number of hydrogen-bond acceptors (Lipinski definition) is 2. The molecule has 1 aromatic rings. The fourth-order valence-corrected chi connectivity index (χ4v) is 2.08. The Labute approximate surface area is 106 Å². The summed E-state index contributed by atoms with van der Waals surface area (Å²) in [5, 5.41) is -0.685. The Morgan fingerprint density at radius 3 is 2.41 bits per heavy atom. The minimum absolute atomic E-state index is 0.0637. The van der Waals surface area contributed by atoms with E-state index in [1.54, 1.807) is 6.92 Å². The standard InChI is InChI=1S/C11H10ClF3OS/c1-6-5-8(17-11(13,14)15)3-4-9(6)10(16)7(2)12/h3-5,7H,1-2H3. The summed E-state index contributed by atoms with van der Waals surface area (Å²) in [4.78, 5) is 11.7. The fourth-order valence-electron chi connectivity index (χ4n) is 1.32. The van der Waals surface area contributed by atoms with E-state index < -0.39 is 10.9 Å². The minimum Gasteiger partial charge on any atom is -0.293 e. The zero-order valence-electron chi connectivity index (χ0n) is 9.14. The quantitative estimate of drug-likeness (QED) is 0.464. The molecule has 0 bridgehead atoms. The van der Waals surface area contributed by atoms with Crippen LogP contribution in [-0.4, -0.2) is 16.7 Å². The highest BCUT2D eigenvalue weighted by molar-refractivity contribution is 8.00. The number of aryl methyl sites for hydroxylation is 1. The van der Waals surface area contributed by atoms with Gasteiger partial charge in [0.25, 0.3) is 0 Å². The molecular weight excluding hydrogens is 273 g/mol. The Kier molecular flexibility index (Phi) is 4.49. The summed E-state index contributed by atoms with van der Waals surface area (Å²) in [5.41, 5.74) is -3.46. The summed E-state index contributed by atoms with van der Waals surface area (Å²) in [6.07, 6.45) is 0. The molecule has 0 N–H and O–H groups in total. The largest absolute Gasteiger partial charge is 0.446 e. The SMILES string of the molecule is Cc1cc(SC(F)(F)F)ccc1C(=O)C(C)Cl. The Bertz CT molecular complexity index is 429. The summed E-state index contributed by atoms with van der Waals surface area (Å²) in [6.45, 7) is 3.12. The monoisotopic (exact) mass is 282 g/mol. The van der Waals surface area contributed by atoms with Crippen LogP contribution in [0.5, 0.6) is 0 Å². The number of halogens is 4. The average Bonchev–Trinajstić information content (AvgIpc) is 2.14. The van der Waals surface area contributed by atoms with Crippen LogP contribution in [0, 0.1) is 6.92 Å². The van der Waals surface area contributed by atoms with E-state index in [1.807, 2.05) is 0 Å². The lowest BCUT2D eigenvalue weighted by atomic mass is 10.0. The van der Waals surface area contributed by atoms with Gasteiger partial charge in [-0.2, -0.15) is 13.2 Å². The second-order valence-electron chi connectivity index (χ2n) is 3.50. The number of benzene rings is 1. The molecule has 0 saturated heterocycles. The molecule has 1 atom stereocenters. The maximum absolute atomic E-state index is 12.1. The van der Waals surface area contributed by atoms with Crippen LogP contribution in [0.15, 0.2) is 23.1 Å². The Morgan fingerprint density at radius 2 is 2.00 bits per heavy atom. The maximum Gasteiger partial charge on any atom is 0.446 e. The van der Waals surface area contributed by atoms with Crippen LogP contribution >= 0.6 is 23.4 Å². The molecule has 0 aliphatic rings. The zero-order chi connectivity index (χ0) is 13.2. The first kappa shape index (κ1) is 14.4. The van der Waals surface area contributed by atoms with Crippen molar-refractivity contribution in [1.82, 2.24) is 0 Å². The maximum atomic E-state index is 12.1. The van der Waals surface area contributed by atoms with E-state index in [9.17, 15) is 18.0 Å². The topological polar surface area (TPSA) is 17.1 Å². The van der Waals surface area contributed by atoms with Crippen molar-refractivity contribution >= 4 is 29.1 Å². The van der Waals surface area contributed by atoms with Gasteiger partial charge in [0.1, 0.15) is 0 Å². The van der Waals surface area contributed by atoms with Crippen molar-refractivity contribution in [2.24, 2.45) is 0 Å². The van der Waals surface area contributed by atoms with Crippen LogP contribution in [0.2, 0.25) is 0 Å². The van der Waals surface area contributed by atoms with E-state index in [2.05, 4.69) is 0 Å². The van der Waals surface area contributed by atoms with Crippen molar-refractivity contribution in [1.29, 1.82) is 0 Å². The minimum atomic E-state index is -4.32. The van der Waals surface area contributed by atoms with E-state index in [-0.39, 0.29) is 22.4 Å². The molecule has 0 fully saturated rings. The molecule has 0 heterocycles. The summed E-state index contributed by atoms with van der Waals surface area (Å²) in [7, 11) is 0. The van der Waals surface area contributed by atoms with E-state index >= 15 is 0 Å². The molecule has 0 aromatic heterocycles. The van der Waals surface area contributed by atoms with Gasteiger partial charge in [0.05, 0.1) is 5.38 Å². The number of carbonyl (C=O) groups is 1. The Morgan fingerprint density at radius 1 is 1.41 bits per heavy atom.